The molecule has 12 heteroatoms. The quantitative estimate of drug-likeness (QED) is 0.348. The van der Waals surface area contributed by atoms with Crippen molar-refractivity contribution in [2.45, 2.75) is 63.7 Å². The van der Waals surface area contributed by atoms with Crippen molar-refractivity contribution in [3.63, 3.8) is 0 Å². The molecule has 4 heterocycles. The number of nitrogens with zero attached hydrogens (tertiary/aromatic N) is 6. The fraction of sp³-hybridized carbons (Fsp3) is 0.500. The lowest BCUT2D eigenvalue weighted by Crippen LogP contribution is -2.40. The van der Waals surface area contributed by atoms with E-state index in [1.54, 1.807) is 32.3 Å². The van der Waals surface area contributed by atoms with E-state index in [1.807, 2.05) is 6.07 Å². The van der Waals surface area contributed by atoms with E-state index in [0.717, 1.165) is 41.3 Å². The molecule has 0 amide bonds. The Morgan fingerprint density at radius 2 is 1.93 bits per heavy atom. The zero-order chi connectivity index (χ0) is 28.5. The molecule has 0 unspecified atom stereocenters. The molecule has 1 saturated heterocycles. The average molecular weight is 566 g/mol. The zero-order valence-electron chi connectivity index (χ0n) is 23.0. The first-order chi connectivity index (χ1) is 19.0. The molecule has 1 saturated carbocycles. The summed E-state index contributed by atoms with van der Waals surface area (Å²) in [4.78, 5) is 15.7. The number of hydrogen-bond acceptors (Lipinski definition) is 10. The Bertz CT molecular complexity index is 1540. The highest BCUT2D eigenvalue weighted by molar-refractivity contribution is 7.90. The monoisotopic (exact) mass is 565 g/mol. The van der Waals surface area contributed by atoms with E-state index in [9.17, 15) is 18.6 Å². The Morgan fingerprint density at radius 1 is 1.18 bits per heavy atom. The van der Waals surface area contributed by atoms with Gasteiger partial charge >= 0.3 is 0 Å². The van der Waals surface area contributed by atoms with Crippen LogP contribution in [0.4, 0.5) is 17.3 Å². The molecule has 0 radical (unpaired) electrons. The van der Waals surface area contributed by atoms with Gasteiger partial charge in [0.1, 0.15) is 11.6 Å². The lowest BCUT2D eigenvalue weighted by molar-refractivity contribution is 0.0862. The molecule has 212 valence electrons. The van der Waals surface area contributed by atoms with Crippen molar-refractivity contribution in [2.75, 3.05) is 29.9 Å². The van der Waals surface area contributed by atoms with Crippen molar-refractivity contribution < 1.29 is 18.6 Å². The van der Waals surface area contributed by atoms with Gasteiger partial charge in [0, 0.05) is 44.6 Å². The number of aliphatic hydroxyl groups excluding tert-OH is 1. The van der Waals surface area contributed by atoms with E-state index < -0.39 is 15.6 Å². The van der Waals surface area contributed by atoms with Gasteiger partial charge in [-0.2, -0.15) is 9.19 Å². The molecule has 1 aliphatic carbocycles. The number of piperidine rings is 1. The second-order valence-electron chi connectivity index (χ2n) is 11.6. The smallest absolute Gasteiger partial charge is 0.256 e. The first-order valence-corrected chi connectivity index (χ1v) is 14.9. The van der Waals surface area contributed by atoms with Crippen LogP contribution in [0.1, 0.15) is 58.4 Å². The van der Waals surface area contributed by atoms with Gasteiger partial charge in [-0.25, -0.2) is 23.4 Å². The SMILES string of the molecule is CC(C)(O)CC#Cc1cnc(Nc2ccnc(-c3cnn(S(=O)(=O)C4CC4)c3)n2)cc1N1CCC(C)(CO)CC1. The van der Waals surface area contributed by atoms with Crippen molar-refractivity contribution in [3.05, 3.63) is 42.5 Å². The van der Waals surface area contributed by atoms with Gasteiger partial charge in [0.25, 0.3) is 10.0 Å². The molecule has 2 fully saturated rings. The number of aliphatic hydroxyl groups is 2. The molecule has 5 rings (SSSR count). The molecule has 3 N–H and O–H groups in total. The molecule has 2 aliphatic rings. The highest BCUT2D eigenvalue weighted by Gasteiger charge is 2.37. The van der Waals surface area contributed by atoms with Crippen LogP contribution in [0, 0.1) is 17.3 Å². The summed E-state index contributed by atoms with van der Waals surface area (Å²) in [6, 6.07) is 3.64. The summed E-state index contributed by atoms with van der Waals surface area (Å²) in [5.74, 6) is 7.65. The Labute approximate surface area is 234 Å². The Kier molecular flexibility index (Phi) is 7.56. The molecule has 0 aromatic carbocycles. The number of aromatic nitrogens is 5. The Balaban J connectivity index is 1.39. The van der Waals surface area contributed by atoms with Crippen LogP contribution in [0.15, 0.2) is 36.9 Å². The fourth-order valence-electron chi connectivity index (χ4n) is 4.45. The van der Waals surface area contributed by atoms with E-state index in [0.29, 0.717) is 42.3 Å². The van der Waals surface area contributed by atoms with E-state index in [-0.39, 0.29) is 17.3 Å². The van der Waals surface area contributed by atoms with Crippen LogP contribution >= 0.6 is 0 Å². The van der Waals surface area contributed by atoms with Gasteiger partial charge in [0.2, 0.25) is 0 Å². The second-order valence-corrected chi connectivity index (χ2v) is 13.6. The molecule has 40 heavy (non-hydrogen) atoms. The van der Waals surface area contributed by atoms with Crippen molar-refractivity contribution >= 4 is 27.3 Å². The summed E-state index contributed by atoms with van der Waals surface area (Å²) in [5.41, 5.74) is 1.19. The first-order valence-electron chi connectivity index (χ1n) is 13.4. The van der Waals surface area contributed by atoms with Crippen LogP contribution in [0.5, 0.6) is 0 Å². The normalized spacial score (nSPS) is 17.3. The third-order valence-electron chi connectivity index (χ3n) is 7.26. The van der Waals surface area contributed by atoms with E-state index in [2.05, 4.69) is 49.0 Å². The summed E-state index contributed by atoms with van der Waals surface area (Å²) in [6.07, 6.45) is 9.55. The van der Waals surface area contributed by atoms with Crippen molar-refractivity contribution in [2.24, 2.45) is 5.41 Å². The number of hydrogen-bond donors (Lipinski definition) is 3. The van der Waals surface area contributed by atoms with Gasteiger partial charge in [-0.15, -0.1) is 0 Å². The van der Waals surface area contributed by atoms with E-state index in [1.165, 1.54) is 12.4 Å². The number of pyridine rings is 1. The first kappa shape index (κ1) is 28.0. The Morgan fingerprint density at radius 3 is 2.60 bits per heavy atom. The largest absolute Gasteiger partial charge is 0.396 e. The third-order valence-corrected chi connectivity index (χ3v) is 9.29. The topological polar surface area (TPSA) is 146 Å². The van der Waals surface area contributed by atoms with Crippen molar-refractivity contribution in [1.82, 2.24) is 24.1 Å². The molecule has 0 spiro atoms. The van der Waals surface area contributed by atoms with E-state index >= 15 is 0 Å². The van der Waals surface area contributed by atoms with Crippen LogP contribution in [0.2, 0.25) is 0 Å². The molecular formula is C28H35N7O4S. The van der Waals surface area contributed by atoms with Gasteiger partial charge in [-0.3, -0.25) is 0 Å². The van der Waals surface area contributed by atoms with Crippen LogP contribution in [-0.4, -0.2) is 73.3 Å². The molecule has 3 aromatic rings. The number of nitrogens with one attached hydrogen (secondary N) is 1. The van der Waals surface area contributed by atoms with Gasteiger partial charge < -0.3 is 20.4 Å². The number of rotatable bonds is 8. The standard InChI is InChI=1S/C28H35N7O4S/c1-27(2,37)9-4-5-20-16-30-25(15-23(20)34-13-10-28(3,19-36)11-14-34)32-24-8-12-29-26(33-24)21-17-31-35(18-21)40(38,39)22-6-7-22/h8,12,15-18,22,36-37H,6-7,9-11,13-14,19H2,1-3H3,(H,29,30,32,33). The molecule has 3 aromatic heterocycles. The second kappa shape index (κ2) is 10.8. The average Bonchev–Trinajstić information content (AvgIpc) is 3.66. The highest BCUT2D eigenvalue weighted by Crippen LogP contribution is 2.35. The van der Waals surface area contributed by atoms with Crippen LogP contribution in [0.25, 0.3) is 11.4 Å². The predicted molar refractivity (Wildman–Crippen MR) is 153 cm³/mol. The fourth-order valence-corrected chi connectivity index (χ4v) is 5.93. The molecular weight excluding hydrogens is 530 g/mol. The summed E-state index contributed by atoms with van der Waals surface area (Å²) in [6.45, 7) is 7.25. The Hall–Kier alpha value is -3.53. The van der Waals surface area contributed by atoms with Gasteiger partial charge in [0.05, 0.1) is 40.1 Å². The van der Waals surface area contributed by atoms with Gasteiger partial charge in [-0.1, -0.05) is 18.8 Å². The van der Waals surface area contributed by atoms with Crippen LogP contribution in [-0.2, 0) is 10.0 Å². The zero-order valence-corrected chi connectivity index (χ0v) is 23.8. The summed E-state index contributed by atoms with van der Waals surface area (Å²) in [5, 5.41) is 26.8. The van der Waals surface area contributed by atoms with Crippen LogP contribution < -0.4 is 10.2 Å². The third kappa shape index (κ3) is 6.43. The lowest BCUT2D eigenvalue weighted by Gasteiger charge is -2.39. The lowest BCUT2D eigenvalue weighted by atomic mass is 9.81. The highest BCUT2D eigenvalue weighted by atomic mass is 32.2. The minimum atomic E-state index is -3.47. The minimum Gasteiger partial charge on any atom is -0.396 e. The van der Waals surface area contributed by atoms with Gasteiger partial charge in [-0.05, 0) is 51.0 Å². The van der Waals surface area contributed by atoms with Crippen molar-refractivity contribution in [1.29, 1.82) is 0 Å². The number of anilines is 3. The summed E-state index contributed by atoms with van der Waals surface area (Å²) in [7, 11) is -3.47. The summed E-state index contributed by atoms with van der Waals surface area (Å²) < 4.78 is 26.0. The molecule has 11 nitrogen and oxygen atoms in total. The predicted octanol–water partition coefficient (Wildman–Crippen LogP) is 2.93. The van der Waals surface area contributed by atoms with Crippen LogP contribution in [0.3, 0.4) is 0 Å². The summed E-state index contributed by atoms with van der Waals surface area (Å²) >= 11 is 0. The minimum absolute atomic E-state index is 0.0967. The van der Waals surface area contributed by atoms with E-state index in [4.69, 9.17) is 0 Å². The molecule has 0 atom stereocenters. The van der Waals surface area contributed by atoms with Crippen molar-refractivity contribution in [3.8, 4) is 23.2 Å². The maximum absolute atomic E-state index is 12.5. The molecule has 0 bridgehead atoms. The molecule has 1 aliphatic heterocycles. The maximum Gasteiger partial charge on any atom is 0.256 e. The van der Waals surface area contributed by atoms with Gasteiger partial charge in [0.15, 0.2) is 5.82 Å². The maximum atomic E-state index is 12.5.